The van der Waals surface area contributed by atoms with Crippen LogP contribution in [0.4, 0.5) is 0 Å². The fourth-order valence-corrected chi connectivity index (χ4v) is 1.65. The molecule has 12 heavy (non-hydrogen) atoms. The first-order valence-electron chi connectivity index (χ1n) is 2.98. The van der Waals surface area contributed by atoms with Gasteiger partial charge in [0.15, 0.2) is 0 Å². The van der Waals surface area contributed by atoms with Crippen molar-refractivity contribution >= 4 is 19.7 Å². The van der Waals surface area contributed by atoms with Crippen molar-refractivity contribution in [2.45, 2.75) is 4.90 Å². The molecule has 0 amide bonds. The van der Waals surface area contributed by atoms with Crippen LogP contribution in [0.5, 0.6) is 5.75 Å². The molecule has 66 valence electrons. The van der Waals surface area contributed by atoms with Crippen LogP contribution >= 0.6 is 10.7 Å². The lowest BCUT2D eigenvalue weighted by atomic mass is 10.4. The smallest absolute Gasteiger partial charge is 0.266 e. The molecule has 0 unspecified atom stereocenters. The van der Waals surface area contributed by atoms with Crippen molar-refractivity contribution < 1.29 is 13.2 Å². The third-order valence-corrected chi connectivity index (χ3v) is 2.56. The number of hydrogen-bond donors (Lipinski definition) is 0. The van der Waals surface area contributed by atoms with Gasteiger partial charge in [0.1, 0.15) is 10.6 Å². The maximum Gasteiger partial charge on any atom is 0.266 e. The minimum Gasteiger partial charge on any atom is -0.495 e. The van der Waals surface area contributed by atoms with Crippen LogP contribution in [0.15, 0.2) is 23.4 Å². The van der Waals surface area contributed by atoms with E-state index in [2.05, 4.69) is 4.98 Å². The fourth-order valence-electron chi connectivity index (χ4n) is 0.719. The molecule has 0 aliphatic heterocycles. The molecule has 4 nitrogen and oxygen atoms in total. The first-order valence-corrected chi connectivity index (χ1v) is 5.29. The lowest BCUT2D eigenvalue weighted by Gasteiger charge is -2.02. The summed E-state index contributed by atoms with van der Waals surface area (Å²) in [7, 11) is 2.70. The third kappa shape index (κ3) is 1.86. The van der Waals surface area contributed by atoms with E-state index in [1.54, 1.807) is 0 Å². The summed E-state index contributed by atoms with van der Waals surface area (Å²) in [5.41, 5.74) is 0. The zero-order valence-corrected chi connectivity index (χ0v) is 7.76. The molecule has 6 heteroatoms. The molecular weight excluding hydrogens is 202 g/mol. The zero-order chi connectivity index (χ0) is 9.19. The van der Waals surface area contributed by atoms with Crippen LogP contribution in [0.1, 0.15) is 0 Å². The molecule has 0 atom stereocenters. The van der Waals surface area contributed by atoms with E-state index in [0.717, 1.165) is 6.20 Å². The van der Waals surface area contributed by atoms with Gasteiger partial charge in [-0.15, -0.1) is 0 Å². The predicted molar refractivity (Wildman–Crippen MR) is 43.8 cm³/mol. The Bertz CT molecular complexity index is 376. The summed E-state index contributed by atoms with van der Waals surface area (Å²) >= 11 is 0. The summed E-state index contributed by atoms with van der Waals surface area (Å²) in [6.45, 7) is 0. The molecule has 0 bridgehead atoms. The molecule has 1 rings (SSSR count). The monoisotopic (exact) mass is 207 g/mol. The molecule has 0 N–H and O–H groups in total. The molecule has 1 heterocycles. The van der Waals surface area contributed by atoms with Crippen LogP contribution in [-0.2, 0) is 9.05 Å². The molecule has 0 saturated carbocycles. The van der Waals surface area contributed by atoms with Crippen LogP contribution in [0.3, 0.4) is 0 Å². The molecule has 0 radical (unpaired) electrons. The van der Waals surface area contributed by atoms with Gasteiger partial charge < -0.3 is 4.74 Å². The van der Waals surface area contributed by atoms with Gasteiger partial charge in [-0.05, 0) is 6.07 Å². The van der Waals surface area contributed by atoms with Crippen molar-refractivity contribution in [2.24, 2.45) is 0 Å². The summed E-state index contributed by atoms with van der Waals surface area (Å²) in [6, 6.07) is 1.43. The van der Waals surface area contributed by atoms with Gasteiger partial charge in [-0.3, -0.25) is 4.98 Å². The van der Waals surface area contributed by atoms with Gasteiger partial charge >= 0.3 is 0 Å². The van der Waals surface area contributed by atoms with Crippen molar-refractivity contribution in [3.05, 3.63) is 18.5 Å². The fraction of sp³-hybridized carbons (Fsp3) is 0.167. The quantitative estimate of drug-likeness (QED) is 0.680. The standard InChI is InChI=1S/C6H6ClNO3S/c1-11-5-2-3-8-4-6(5)12(7,9)10/h2-4H,1H3. The van der Waals surface area contributed by atoms with E-state index in [1.165, 1.54) is 19.4 Å². The maximum atomic E-state index is 10.9. The largest absolute Gasteiger partial charge is 0.495 e. The van der Waals surface area contributed by atoms with Crippen LogP contribution in [0, 0.1) is 0 Å². The number of halogens is 1. The van der Waals surface area contributed by atoms with Gasteiger partial charge in [0.2, 0.25) is 0 Å². The predicted octanol–water partition coefficient (Wildman–Crippen LogP) is 1.02. The second-order valence-corrected chi connectivity index (χ2v) is 4.50. The number of aromatic nitrogens is 1. The van der Waals surface area contributed by atoms with E-state index in [1.807, 2.05) is 0 Å². The molecule has 0 aliphatic carbocycles. The van der Waals surface area contributed by atoms with Crippen LogP contribution in [-0.4, -0.2) is 20.5 Å². The Labute approximate surface area is 74.6 Å². The molecule has 0 aliphatic rings. The summed E-state index contributed by atoms with van der Waals surface area (Å²) in [6.07, 6.45) is 2.56. The third-order valence-electron chi connectivity index (χ3n) is 1.23. The summed E-state index contributed by atoms with van der Waals surface area (Å²) < 4.78 is 26.5. The van der Waals surface area contributed by atoms with Crippen LogP contribution in [0.25, 0.3) is 0 Å². The summed E-state index contributed by atoms with van der Waals surface area (Å²) in [5.74, 6) is 0.194. The summed E-state index contributed by atoms with van der Waals surface area (Å²) in [4.78, 5) is 3.50. The number of nitrogens with zero attached hydrogens (tertiary/aromatic N) is 1. The van der Waals surface area contributed by atoms with Gasteiger partial charge in [0, 0.05) is 16.9 Å². The number of hydrogen-bond acceptors (Lipinski definition) is 4. The highest BCUT2D eigenvalue weighted by Crippen LogP contribution is 2.24. The van der Waals surface area contributed by atoms with Crippen molar-refractivity contribution in [3.63, 3.8) is 0 Å². The highest BCUT2D eigenvalue weighted by Gasteiger charge is 2.15. The second-order valence-electron chi connectivity index (χ2n) is 1.96. The van der Waals surface area contributed by atoms with Crippen LogP contribution in [0.2, 0.25) is 0 Å². The van der Waals surface area contributed by atoms with Crippen LogP contribution < -0.4 is 4.74 Å². The lowest BCUT2D eigenvalue weighted by molar-refractivity contribution is 0.402. The maximum absolute atomic E-state index is 10.9. The SMILES string of the molecule is COc1ccncc1S(=O)(=O)Cl. The molecule has 0 spiro atoms. The Morgan fingerprint density at radius 2 is 2.25 bits per heavy atom. The summed E-state index contributed by atoms with van der Waals surface area (Å²) in [5, 5.41) is 0. The first kappa shape index (κ1) is 9.28. The molecular formula is C6H6ClNO3S. The number of methoxy groups -OCH3 is 1. The van der Waals surface area contributed by atoms with Gasteiger partial charge in [-0.1, -0.05) is 0 Å². The molecule has 1 aromatic heterocycles. The number of ether oxygens (including phenoxy) is 1. The van der Waals surface area contributed by atoms with Gasteiger partial charge in [0.25, 0.3) is 9.05 Å². The Hall–Kier alpha value is -0.810. The highest BCUT2D eigenvalue weighted by atomic mass is 35.7. The normalized spacial score (nSPS) is 11.2. The molecule has 1 aromatic rings. The van der Waals surface area contributed by atoms with Gasteiger partial charge in [-0.2, -0.15) is 0 Å². The van der Waals surface area contributed by atoms with Crippen molar-refractivity contribution in [1.82, 2.24) is 4.98 Å². The number of rotatable bonds is 2. The van der Waals surface area contributed by atoms with E-state index in [9.17, 15) is 8.42 Å². The van der Waals surface area contributed by atoms with E-state index in [0.29, 0.717) is 0 Å². The Kier molecular flexibility index (Phi) is 2.54. The van der Waals surface area contributed by atoms with E-state index >= 15 is 0 Å². The molecule has 0 aromatic carbocycles. The average molecular weight is 208 g/mol. The first-order chi connectivity index (χ1) is 5.55. The van der Waals surface area contributed by atoms with Crippen molar-refractivity contribution in [1.29, 1.82) is 0 Å². The Morgan fingerprint density at radius 1 is 1.58 bits per heavy atom. The van der Waals surface area contributed by atoms with E-state index in [-0.39, 0.29) is 10.6 Å². The Balaban J connectivity index is 3.33. The van der Waals surface area contributed by atoms with Gasteiger partial charge in [-0.25, -0.2) is 8.42 Å². The lowest BCUT2D eigenvalue weighted by Crippen LogP contribution is -1.96. The zero-order valence-electron chi connectivity index (χ0n) is 6.19. The van der Waals surface area contributed by atoms with Crippen molar-refractivity contribution in [2.75, 3.05) is 7.11 Å². The minimum absolute atomic E-state index is 0.117. The molecule has 0 saturated heterocycles. The topological polar surface area (TPSA) is 56.3 Å². The second kappa shape index (κ2) is 3.28. The molecule has 0 fully saturated rings. The minimum atomic E-state index is -3.76. The number of pyridine rings is 1. The average Bonchev–Trinajstić information content (AvgIpc) is 2.03. The van der Waals surface area contributed by atoms with E-state index < -0.39 is 9.05 Å². The van der Waals surface area contributed by atoms with Crippen molar-refractivity contribution in [3.8, 4) is 5.75 Å². The highest BCUT2D eigenvalue weighted by molar-refractivity contribution is 8.13. The van der Waals surface area contributed by atoms with Gasteiger partial charge in [0.05, 0.1) is 13.3 Å². The Morgan fingerprint density at radius 3 is 2.67 bits per heavy atom. The van der Waals surface area contributed by atoms with E-state index in [4.69, 9.17) is 15.4 Å².